The van der Waals surface area contributed by atoms with Crippen LogP contribution in [0.1, 0.15) is 111 Å². The van der Waals surface area contributed by atoms with E-state index in [-0.39, 0.29) is 60.8 Å². The fourth-order valence-corrected chi connectivity index (χ4v) is 13.8. The van der Waals surface area contributed by atoms with Crippen LogP contribution >= 0.6 is 0 Å². The minimum absolute atomic E-state index is 0.0250. The molecule has 340 valence electrons. The summed E-state index contributed by atoms with van der Waals surface area (Å²) in [6, 6.07) is 10.4. The quantitative estimate of drug-likeness (QED) is 0.194. The van der Waals surface area contributed by atoms with Crippen LogP contribution in [0.4, 0.5) is 0 Å². The maximum Gasteiger partial charge on any atom is 0.331 e. The monoisotopic (exact) mass is 853 g/mol. The van der Waals surface area contributed by atoms with Gasteiger partial charge in [0.05, 0.1) is 48.3 Å². The molecule has 3 saturated heterocycles. The van der Waals surface area contributed by atoms with Gasteiger partial charge in [-0.15, -0.1) is 0 Å². The molecule has 4 N–H and O–H groups in total. The van der Waals surface area contributed by atoms with Gasteiger partial charge in [-0.2, -0.15) is 0 Å². The Labute approximate surface area is 361 Å². The maximum absolute atomic E-state index is 12.6. The molecule has 8 aliphatic rings. The van der Waals surface area contributed by atoms with Crippen LogP contribution in [0, 0.1) is 34.5 Å². The Morgan fingerprint density at radius 1 is 0.770 bits per heavy atom. The van der Waals surface area contributed by atoms with E-state index in [1.54, 1.807) is 6.08 Å². The fourth-order valence-electron chi connectivity index (χ4n) is 13.8. The summed E-state index contributed by atoms with van der Waals surface area (Å²) < 4.78 is 43.5. The van der Waals surface area contributed by atoms with Crippen LogP contribution in [-0.4, -0.2) is 130 Å². The van der Waals surface area contributed by atoms with Gasteiger partial charge in [0, 0.05) is 50.4 Å². The molecule has 7 fully saturated rings. The van der Waals surface area contributed by atoms with Crippen molar-refractivity contribution in [1.29, 1.82) is 0 Å². The van der Waals surface area contributed by atoms with E-state index in [1.165, 1.54) is 5.56 Å². The van der Waals surface area contributed by atoms with E-state index in [1.807, 2.05) is 19.9 Å². The molecular formula is C48H71NO12. The molecule has 2 unspecified atom stereocenters. The molecule has 13 heteroatoms. The van der Waals surface area contributed by atoms with Gasteiger partial charge < -0.3 is 53.6 Å². The van der Waals surface area contributed by atoms with Crippen LogP contribution in [0.2, 0.25) is 0 Å². The van der Waals surface area contributed by atoms with E-state index in [0.717, 1.165) is 63.7 Å². The highest BCUT2D eigenvalue weighted by Gasteiger charge is 2.71. The number of fused-ring (bicyclic) bond motifs is 5. The second-order valence-electron chi connectivity index (χ2n) is 20.6. The van der Waals surface area contributed by atoms with Gasteiger partial charge in [0.1, 0.15) is 18.8 Å². The molecular weight excluding hydrogens is 783 g/mol. The van der Waals surface area contributed by atoms with Gasteiger partial charge in [0.15, 0.2) is 18.9 Å². The van der Waals surface area contributed by atoms with Gasteiger partial charge in [-0.05, 0) is 112 Å². The zero-order chi connectivity index (χ0) is 42.8. The van der Waals surface area contributed by atoms with Gasteiger partial charge in [-0.25, -0.2) is 4.79 Å². The third-order valence-corrected chi connectivity index (χ3v) is 17.1. The third kappa shape index (κ3) is 8.30. The molecule has 4 aliphatic heterocycles. The highest BCUT2D eigenvalue weighted by Crippen LogP contribution is 2.70. The number of esters is 1. The highest BCUT2D eigenvalue weighted by molar-refractivity contribution is 5.85. The Hall–Kier alpha value is -2.01. The predicted molar refractivity (Wildman–Crippen MR) is 222 cm³/mol. The Balaban J connectivity index is 0.750. The molecule has 4 heterocycles. The van der Waals surface area contributed by atoms with Crippen LogP contribution in [0.15, 0.2) is 42.0 Å². The number of carbonyl (C=O) groups excluding carboxylic acids is 1. The number of hydrogen-bond acceptors (Lipinski definition) is 13. The minimum Gasteiger partial charge on any atom is -0.458 e. The SMILES string of the molecule is CC1CN(Cc2ccccc2)CCC(O[C@H]2[C@@H](O)C[C@H](O[C@@H]3[C@@H](O)C[C@@H](O[C@H]4CC[C@@]5(C)[C@H](CC[C@@H]6[C@@H]5C[C@@H](O)[C@]5(C)[C@@H](C7=CC(=O)OC7)CC[C@]65O)C4)O[C@@H]3C)O[C@@H]2C)O1. The molecule has 61 heavy (non-hydrogen) atoms. The molecule has 4 saturated carbocycles. The average molecular weight is 854 g/mol. The van der Waals surface area contributed by atoms with Crippen LogP contribution in [0.5, 0.6) is 0 Å². The first-order valence-corrected chi connectivity index (χ1v) is 23.5. The van der Waals surface area contributed by atoms with Gasteiger partial charge in [0.2, 0.25) is 0 Å². The molecule has 13 nitrogen and oxygen atoms in total. The summed E-state index contributed by atoms with van der Waals surface area (Å²) in [6.45, 7) is 13.0. The molecule has 4 aliphatic carbocycles. The van der Waals surface area contributed by atoms with Crippen molar-refractivity contribution in [2.24, 2.45) is 34.5 Å². The Morgan fingerprint density at radius 3 is 2.13 bits per heavy atom. The minimum atomic E-state index is -1.00. The number of hydrogen-bond donors (Lipinski definition) is 4. The molecule has 0 bridgehead atoms. The van der Waals surface area contributed by atoms with E-state index in [2.05, 4.69) is 49.9 Å². The van der Waals surface area contributed by atoms with Crippen molar-refractivity contribution in [1.82, 2.24) is 4.90 Å². The number of rotatable bonds is 9. The van der Waals surface area contributed by atoms with Gasteiger partial charge in [-0.3, -0.25) is 4.90 Å². The van der Waals surface area contributed by atoms with Crippen molar-refractivity contribution in [3.05, 3.63) is 47.5 Å². The summed E-state index contributed by atoms with van der Waals surface area (Å²) in [6.07, 6.45) is 2.89. The number of carbonyl (C=O) groups is 1. The molecule has 9 rings (SSSR count). The largest absolute Gasteiger partial charge is 0.458 e. The predicted octanol–water partition coefficient (Wildman–Crippen LogP) is 5.00. The number of ether oxygens (including phenoxy) is 7. The summed E-state index contributed by atoms with van der Waals surface area (Å²) in [4.78, 5) is 14.4. The molecule has 1 aromatic rings. The number of aliphatic hydroxyl groups excluding tert-OH is 3. The van der Waals surface area contributed by atoms with Crippen LogP contribution < -0.4 is 0 Å². The van der Waals surface area contributed by atoms with Crippen LogP contribution in [-0.2, 0) is 44.5 Å². The number of cyclic esters (lactones) is 1. The van der Waals surface area contributed by atoms with Gasteiger partial charge >= 0.3 is 5.97 Å². The third-order valence-electron chi connectivity index (χ3n) is 17.1. The zero-order valence-electron chi connectivity index (χ0n) is 36.8. The number of nitrogens with zero attached hydrogens (tertiary/aromatic N) is 1. The lowest BCUT2D eigenvalue weighted by Gasteiger charge is -2.65. The standard InChI is InChI=1S/C48H71NO12/c1-27-24-49(25-30-9-7-6-8-10-30)18-15-41(56-27)60-44-28(2)58-43(23-38(44)51)61-45-29(3)57-42(22-37(45)50)59-33-13-16-46(4)32(20-33)11-12-35-36(46)21-39(52)47(5)34(14-17-48(35,47)54)31-19-40(53)55-26-31/h6-10,19,27-29,32-39,41-45,50-52,54H,11-18,20-26H2,1-5H3/t27?,28-,29-,32-,33+,34-,35-,36+,37+,38+,39-,41?,42-,43+,44-,45+,46+,47+,48+/m1/s1. The molecule has 0 radical (unpaired) electrons. The molecule has 0 amide bonds. The lowest BCUT2D eigenvalue weighted by atomic mass is 9.42. The lowest BCUT2D eigenvalue weighted by molar-refractivity contribution is -0.329. The Bertz CT molecular complexity index is 1710. The first kappa shape index (κ1) is 44.2. The lowest BCUT2D eigenvalue weighted by Crippen LogP contribution is -2.67. The number of benzene rings is 1. The molecule has 0 aromatic heterocycles. The topological polar surface area (TPSA) is 166 Å². The van der Waals surface area contributed by atoms with Crippen molar-refractivity contribution in [2.75, 3.05) is 19.7 Å². The van der Waals surface area contributed by atoms with E-state index >= 15 is 0 Å². The van der Waals surface area contributed by atoms with Gasteiger partial charge in [0.25, 0.3) is 0 Å². The summed E-state index contributed by atoms with van der Waals surface area (Å²) in [5.41, 5.74) is 0.411. The van der Waals surface area contributed by atoms with E-state index in [0.29, 0.717) is 25.2 Å². The highest BCUT2D eigenvalue weighted by atomic mass is 16.7. The second kappa shape index (κ2) is 17.4. The van der Waals surface area contributed by atoms with E-state index < -0.39 is 72.6 Å². The maximum atomic E-state index is 12.6. The average Bonchev–Trinajstić information content (AvgIpc) is 3.71. The Morgan fingerprint density at radius 2 is 1.46 bits per heavy atom. The normalized spacial score (nSPS) is 49.3. The van der Waals surface area contributed by atoms with Crippen molar-refractivity contribution in [3.63, 3.8) is 0 Å². The fraction of sp³-hybridized carbons (Fsp3) is 0.812. The Kier molecular flexibility index (Phi) is 12.6. The summed E-state index contributed by atoms with van der Waals surface area (Å²) in [7, 11) is 0. The van der Waals surface area contributed by atoms with Crippen LogP contribution in [0.25, 0.3) is 0 Å². The van der Waals surface area contributed by atoms with Crippen LogP contribution in [0.3, 0.4) is 0 Å². The van der Waals surface area contributed by atoms with E-state index in [9.17, 15) is 25.2 Å². The van der Waals surface area contributed by atoms with E-state index in [4.69, 9.17) is 33.2 Å². The summed E-state index contributed by atoms with van der Waals surface area (Å²) in [5.74, 6) is 0.262. The molecule has 0 spiro atoms. The molecule has 1 aromatic carbocycles. The summed E-state index contributed by atoms with van der Waals surface area (Å²) in [5, 5.41) is 47.3. The first-order chi connectivity index (χ1) is 29.1. The van der Waals surface area contributed by atoms with Gasteiger partial charge in [-0.1, -0.05) is 44.2 Å². The first-order valence-electron chi connectivity index (χ1n) is 23.5. The van der Waals surface area contributed by atoms with Crippen molar-refractivity contribution in [2.45, 2.75) is 191 Å². The molecule has 19 atom stereocenters. The second-order valence-corrected chi connectivity index (χ2v) is 20.6. The zero-order valence-corrected chi connectivity index (χ0v) is 36.8. The van der Waals surface area contributed by atoms with Crippen molar-refractivity contribution >= 4 is 5.97 Å². The smallest absolute Gasteiger partial charge is 0.331 e. The van der Waals surface area contributed by atoms with Crippen molar-refractivity contribution in [3.8, 4) is 0 Å². The number of aliphatic hydroxyl groups is 4. The van der Waals surface area contributed by atoms with Crippen molar-refractivity contribution < 1.29 is 58.4 Å². The summed E-state index contributed by atoms with van der Waals surface area (Å²) >= 11 is 0.